The van der Waals surface area contributed by atoms with Crippen molar-refractivity contribution in [3.63, 3.8) is 0 Å². The van der Waals surface area contributed by atoms with Gasteiger partial charge in [-0.1, -0.05) is 39.3 Å². The molecular formula is C21H29ClFN3O3. The van der Waals surface area contributed by atoms with Crippen LogP contribution in [0.4, 0.5) is 4.39 Å². The maximum Gasteiger partial charge on any atom is 0.255 e. The van der Waals surface area contributed by atoms with Gasteiger partial charge < -0.3 is 15.1 Å². The molecule has 1 N–H and O–H groups in total. The van der Waals surface area contributed by atoms with Gasteiger partial charge in [0.05, 0.1) is 10.6 Å². The standard InChI is InChI=1S/C21H29ClFN3O3/c1-13(2)11-18(27)24-19(14(3)4)21(29)26-9-7-25(8-10-26)20(28)16-6-5-15(23)12-17(16)22/h5-6,12-14,19H,7-11H2,1-4H3,(H,24,27). The van der Waals surface area contributed by atoms with E-state index in [1.54, 1.807) is 9.80 Å². The lowest BCUT2D eigenvalue weighted by Crippen LogP contribution is -2.57. The Labute approximate surface area is 176 Å². The predicted molar refractivity (Wildman–Crippen MR) is 110 cm³/mol. The van der Waals surface area contributed by atoms with Crippen LogP contribution in [-0.2, 0) is 9.59 Å². The van der Waals surface area contributed by atoms with Crippen molar-refractivity contribution in [2.45, 2.75) is 40.2 Å². The third kappa shape index (κ3) is 6.16. The predicted octanol–water partition coefficient (Wildman–Crippen LogP) is 2.95. The summed E-state index contributed by atoms with van der Waals surface area (Å²) in [4.78, 5) is 41.0. The van der Waals surface area contributed by atoms with Crippen LogP contribution >= 0.6 is 11.6 Å². The quantitative estimate of drug-likeness (QED) is 0.761. The number of nitrogens with zero attached hydrogens (tertiary/aromatic N) is 2. The van der Waals surface area contributed by atoms with Gasteiger partial charge in [-0.25, -0.2) is 4.39 Å². The Morgan fingerprint density at radius 1 is 1.07 bits per heavy atom. The Morgan fingerprint density at radius 2 is 1.66 bits per heavy atom. The van der Waals surface area contributed by atoms with E-state index in [0.717, 1.165) is 6.07 Å². The van der Waals surface area contributed by atoms with Crippen molar-refractivity contribution in [1.29, 1.82) is 0 Å². The van der Waals surface area contributed by atoms with Crippen LogP contribution in [0.1, 0.15) is 44.5 Å². The number of amides is 3. The molecule has 0 saturated carbocycles. The molecule has 29 heavy (non-hydrogen) atoms. The molecule has 1 heterocycles. The molecule has 6 nitrogen and oxygen atoms in total. The molecule has 1 atom stereocenters. The van der Waals surface area contributed by atoms with Crippen LogP contribution in [0.5, 0.6) is 0 Å². The van der Waals surface area contributed by atoms with Crippen molar-refractivity contribution in [2.24, 2.45) is 11.8 Å². The van der Waals surface area contributed by atoms with E-state index in [4.69, 9.17) is 11.6 Å². The van der Waals surface area contributed by atoms with Crippen molar-refractivity contribution < 1.29 is 18.8 Å². The highest BCUT2D eigenvalue weighted by Crippen LogP contribution is 2.20. The summed E-state index contributed by atoms with van der Waals surface area (Å²) in [6.45, 7) is 9.14. The lowest BCUT2D eigenvalue weighted by molar-refractivity contribution is -0.139. The Balaban J connectivity index is 1.98. The Kier molecular flexibility index (Phi) is 8.02. The van der Waals surface area contributed by atoms with Gasteiger partial charge in [-0.15, -0.1) is 0 Å². The molecule has 1 fully saturated rings. The maximum atomic E-state index is 13.2. The van der Waals surface area contributed by atoms with Gasteiger partial charge in [-0.3, -0.25) is 14.4 Å². The first kappa shape index (κ1) is 23.1. The number of halogens is 2. The number of rotatable bonds is 6. The second-order valence-electron chi connectivity index (χ2n) is 8.13. The van der Waals surface area contributed by atoms with E-state index in [1.165, 1.54) is 12.1 Å². The summed E-state index contributed by atoms with van der Waals surface area (Å²) in [6, 6.07) is 3.10. The van der Waals surface area contributed by atoms with E-state index >= 15 is 0 Å². The Morgan fingerprint density at radius 3 is 2.17 bits per heavy atom. The van der Waals surface area contributed by atoms with Crippen LogP contribution in [0.25, 0.3) is 0 Å². The monoisotopic (exact) mass is 425 g/mol. The first-order valence-electron chi connectivity index (χ1n) is 9.92. The molecule has 8 heteroatoms. The molecule has 1 unspecified atom stereocenters. The van der Waals surface area contributed by atoms with Gasteiger partial charge in [0, 0.05) is 32.6 Å². The van der Waals surface area contributed by atoms with Crippen molar-refractivity contribution >= 4 is 29.3 Å². The van der Waals surface area contributed by atoms with Gasteiger partial charge in [0.2, 0.25) is 11.8 Å². The number of carbonyl (C=O) groups excluding carboxylic acids is 3. The zero-order valence-corrected chi connectivity index (χ0v) is 18.1. The summed E-state index contributed by atoms with van der Waals surface area (Å²) in [5.41, 5.74) is 0.244. The zero-order chi connectivity index (χ0) is 21.7. The number of nitrogens with one attached hydrogen (secondary N) is 1. The summed E-state index contributed by atoms with van der Waals surface area (Å²) in [6.07, 6.45) is 0.372. The fourth-order valence-corrected chi connectivity index (χ4v) is 3.52. The third-order valence-electron chi connectivity index (χ3n) is 4.88. The highest BCUT2D eigenvalue weighted by Gasteiger charge is 2.32. The lowest BCUT2D eigenvalue weighted by Gasteiger charge is -2.37. The Hall–Kier alpha value is -2.15. The van der Waals surface area contributed by atoms with Crippen molar-refractivity contribution in [2.75, 3.05) is 26.2 Å². The summed E-state index contributed by atoms with van der Waals surface area (Å²) in [7, 11) is 0. The second-order valence-corrected chi connectivity index (χ2v) is 8.54. The molecule has 2 rings (SSSR count). The minimum absolute atomic E-state index is 0.0451. The van der Waals surface area contributed by atoms with Crippen LogP contribution < -0.4 is 5.32 Å². The average molecular weight is 426 g/mol. The normalized spacial score (nSPS) is 15.6. The van der Waals surface area contributed by atoms with Crippen molar-refractivity contribution in [3.8, 4) is 0 Å². The number of carbonyl (C=O) groups is 3. The molecule has 0 aromatic heterocycles. The summed E-state index contributed by atoms with van der Waals surface area (Å²) in [5.74, 6) is -0.883. The van der Waals surface area contributed by atoms with E-state index in [0.29, 0.717) is 32.6 Å². The number of benzene rings is 1. The SMILES string of the molecule is CC(C)CC(=O)NC(C(=O)N1CCN(C(=O)c2ccc(F)cc2Cl)CC1)C(C)C. The minimum Gasteiger partial charge on any atom is -0.344 e. The second kappa shape index (κ2) is 10.1. The molecule has 1 aliphatic heterocycles. The first-order valence-corrected chi connectivity index (χ1v) is 10.3. The topological polar surface area (TPSA) is 69.7 Å². The maximum absolute atomic E-state index is 13.2. The highest BCUT2D eigenvalue weighted by atomic mass is 35.5. The molecule has 3 amide bonds. The van der Waals surface area contributed by atoms with Gasteiger partial charge in [0.25, 0.3) is 5.91 Å². The molecule has 1 aliphatic rings. The minimum atomic E-state index is -0.588. The molecule has 160 valence electrons. The van der Waals surface area contributed by atoms with Crippen LogP contribution in [0.15, 0.2) is 18.2 Å². The van der Waals surface area contributed by atoms with Gasteiger partial charge in [0.15, 0.2) is 0 Å². The molecule has 0 radical (unpaired) electrons. The van der Waals surface area contributed by atoms with Crippen molar-refractivity contribution in [1.82, 2.24) is 15.1 Å². The van der Waals surface area contributed by atoms with Gasteiger partial charge >= 0.3 is 0 Å². The van der Waals surface area contributed by atoms with Gasteiger partial charge in [-0.2, -0.15) is 0 Å². The lowest BCUT2D eigenvalue weighted by atomic mass is 10.0. The third-order valence-corrected chi connectivity index (χ3v) is 5.20. The van der Waals surface area contributed by atoms with E-state index in [-0.39, 0.29) is 40.1 Å². The molecule has 0 spiro atoms. The molecule has 1 saturated heterocycles. The number of piperazine rings is 1. The number of hydrogen-bond donors (Lipinski definition) is 1. The van der Waals surface area contributed by atoms with E-state index < -0.39 is 11.9 Å². The van der Waals surface area contributed by atoms with E-state index in [1.807, 2.05) is 27.7 Å². The molecule has 0 aliphatic carbocycles. The fraction of sp³-hybridized carbons (Fsp3) is 0.571. The molecular weight excluding hydrogens is 397 g/mol. The average Bonchev–Trinajstić information content (AvgIpc) is 2.64. The molecule has 1 aromatic rings. The summed E-state index contributed by atoms with van der Waals surface area (Å²) >= 11 is 5.99. The van der Waals surface area contributed by atoms with Gasteiger partial charge in [0.1, 0.15) is 11.9 Å². The van der Waals surface area contributed by atoms with Gasteiger partial charge in [-0.05, 0) is 30.0 Å². The zero-order valence-electron chi connectivity index (χ0n) is 17.4. The van der Waals surface area contributed by atoms with E-state index in [2.05, 4.69) is 5.32 Å². The summed E-state index contributed by atoms with van der Waals surface area (Å²) < 4.78 is 13.2. The fourth-order valence-electron chi connectivity index (χ4n) is 3.28. The largest absolute Gasteiger partial charge is 0.344 e. The Bertz CT molecular complexity index is 762. The van der Waals surface area contributed by atoms with Crippen LogP contribution in [0.2, 0.25) is 5.02 Å². The summed E-state index contributed by atoms with van der Waals surface area (Å²) in [5, 5.41) is 2.92. The number of hydrogen-bond acceptors (Lipinski definition) is 3. The molecule has 1 aromatic carbocycles. The van der Waals surface area contributed by atoms with Crippen molar-refractivity contribution in [3.05, 3.63) is 34.6 Å². The molecule has 0 bridgehead atoms. The van der Waals surface area contributed by atoms with Crippen LogP contribution in [-0.4, -0.2) is 59.7 Å². The van der Waals surface area contributed by atoms with E-state index in [9.17, 15) is 18.8 Å². The van der Waals surface area contributed by atoms with Crippen LogP contribution in [0.3, 0.4) is 0 Å². The highest BCUT2D eigenvalue weighted by molar-refractivity contribution is 6.33. The smallest absolute Gasteiger partial charge is 0.255 e. The van der Waals surface area contributed by atoms with Crippen LogP contribution in [0, 0.1) is 17.7 Å². The first-order chi connectivity index (χ1) is 13.6.